The molecule has 4 rings (SSSR count). The number of benzene rings is 3. The second kappa shape index (κ2) is 10.8. The van der Waals surface area contributed by atoms with Crippen molar-refractivity contribution in [3.63, 3.8) is 0 Å². The fourth-order valence-electron chi connectivity index (χ4n) is 4.26. The van der Waals surface area contributed by atoms with Gasteiger partial charge in [0.1, 0.15) is 4.90 Å². The summed E-state index contributed by atoms with van der Waals surface area (Å²) in [5.74, 6) is -0.360. The summed E-state index contributed by atoms with van der Waals surface area (Å²) >= 11 is 6.24. The van der Waals surface area contributed by atoms with E-state index in [9.17, 15) is 13.2 Å². The van der Waals surface area contributed by atoms with Crippen molar-refractivity contribution in [2.24, 2.45) is 0 Å². The van der Waals surface area contributed by atoms with Crippen LogP contribution in [0.15, 0.2) is 65.6 Å². The summed E-state index contributed by atoms with van der Waals surface area (Å²) < 4.78 is 28.8. The molecular formula is C27H30ClN3O3S. The first kappa shape index (κ1) is 25.2. The van der Waals surface area contributed by atoms with E-state index >= 15 is 0 Å². The van der Waals surface area contributed by atoms with Gasteiger partial charge in [-0.25, -0.2) is 8.42 Å². The van der Waals surface area contributed by atoms with Gasteiger partial charge in [0.05, 0.1) is 10.7 Å². The highest BCUT2D eigenvalue weighted by atomic mass is 35.5. The van der Waals surface area contributed by atoms with Crippen LogP contribution in [0, 0.1) is 13.8 Å². The summed E-state index contributed by atoms with van der Waals surface area (Å²) in [6.45, 7) is 7.17. The van der Waals surface area contributed by atoms with Crippen LogP contribution >= 0.6 is 11.6 Å². The Labute approximate surface area is 212 Å². The zero-order valence-electron chi connectivity index (χ0n) is 20.0. The normalized spacial score (nSPS) is 14.1. The predicted octanol–water partition coefficient (Wildman–Crippen LogP) is 5.28. The molecule has 6 nitrogen and oxygen atoms in total. The third-order valence-corrected chi connectivity index (χ3v) is 8.33. The van der Waals surface area contributed by atoms with Crippen molar-refractivity contribution in [1.29, 1.82) is 0 Å². The van der Waals surface area contributed by atoms with Crippen LogP contribution in [0.4, 0.5) is 5.69 Å². The number of nitrogens with zero attached hydrogens (tertiary/aromatic N) is 1. The number of carbonyl (C=O) groups is 1. The van der Waals surface area contributed by atoms with Crippen molar-refractivity contribution in [1.82, 2.24) is 10.2 Å². The number of amides is 1. The summed E-state index contributed by atoms with van der Waals surface area (Å²) in [5.41, 5.74) is 4.74. The maximum atomic E-state index is 13.1. The van der Waals surface area contributed by atoms with E-state index in [2.05, 4.69) is 21.0 Å². The molecule has 0 saturated carbocycles. The molecule has 0 aliphatic carbocycles. The van der Waals surface area contributed by atoms with Crippen LogP contribution < -0.4 is 10.0 Å². The molecule has 35 heavy (non-hydrogen) atoms. The Balaban J connectivity index is 1.50. The molecule has 1 aliphatic heterocycles. The lowest BCUT2D eigenvalue weighted by atomic mass is 10.1. The van der Waals surface area contributed by atoms with E-state index in [4.69, 9.17) is 11.6 Å². The Hall–Kier alpha value is -2.87. The number of carbonyl (C=O) groups excluding carboxylic acids is 1. The summed E-state index contributed by atoms with van der Waals surface area (Å²) in [6, 6.07) is 17.8. The second-order valence-electron chi connectivity index (χ2n) is 8.93. The lowest BCUT2D eigenvalue weighted by molar-refractivity contribution is 0.0950. The minimum Gasteiger partial charge on any atom is -0.348 e. The van der Waals surface area contributed by atoms with Crippen LogP contribution in [-0.4, -0.2) is 32.3 Å². The van der Waals surface area contributed by atoms with Gasteiger partial charge in [-0.05, 0) is 86.3 Å². The molecule has 1 saturated heterocycles. The minimum absolute atomic E-state index is 0.0512. The van der Waals surface area contributed by atoms with Crippen molar-refractivity contribution in [2.75, 3.05) is 17.8 Å². The lowest BCUT2D eigenvalue weighted by Crippen LogP contribution is -2.25. The van der Waals surface area contributed by atoms with Crippen LogP contribution in [0.5, 0.6) is 0 Å². The Morgan fingerprint density at radius 1 is 0.971 bits per heavy atom. The van der Waals surface area contributed by atoms with Gasteiger partial charge in [-0.15, -0.1) is 0 Å². The summed E-state index contributed by atoms with van der Waals surface area (Å²) in [5, 5.41) is 2.98. The Bertz CT molecular complexity index is 1340. The number of hydrogen-bond acceptors (Lipinski definition) is 4. The van der Waals surface area contributed by atoms with Crippen LogP contribution in [0.1, 0.15) is 45.5 Å². The SMILES string of the molecule is Cc1cccc(NS(=O)(=O)c2cc(C(=O)NCc3ccccc3CN3CCCC3)ccc2Cl)c1C. The van der Waals surface area contributed by atoms with Crippen LogP contribution in [0.25, 0.3) is 0 Å². The van der Waals surface area contributed by atoms with Crippen molar-refractivity contribution in [2.45, 2.75) is 44.7 Å². The van der Waals surface area contributed by atoms with Gasteiger partial charge < -0.3 is 5.32 Å². The fourth-order valence-corrected chi connectivity index (χ4v) is 5.91. The topological polar surface area (TPSA) is 78.5 Å². The Morgan fingerprint density at radius 3 is 2.43 bits per heavy atom. The molecule has 0 aromatic heterocycles. The number of aryl methyl sites for hydroxylation is 1. The standard InChI is InChI=1S/C27H30ClN3O3S/c1-19-8-7-11-25(20(19)2)30-35(33,34)26-16-21(12-13-24(26)28)27(32)29-17-22-9-3-4-10-23(22)18-31-14-5-6-15-31/h3-4,7-13,16,30H,5-6,14-15,17-18H2,1-2H3,(H,29,32). The third-order valence-electron chi connectivity index (χ3n) is 6.48. The van der Waals surface area contributed by atoms with Gasteiger partial charge >= 0.3 is 0 Å². The quantitative estimate of drug-likeness (QED) is 0.431. The minimum atomic E-state index is -3.99. The Morgan fingerprint density at radius 2 is 1.69 bits per heavy atom. The van der Waals surface area contributed by atoms with E-state index in [1.807, 2.05) is 38.1 Å². The van der Waals surface area contributed by atoms with Gasteiger partial charge in [-0.3, -0.25) is 14.4 Å². The van der Waals surface area contributed by atoms with Gasteiger partial charge in [0.25, 0.3) is 15.9 Å². The molecule has 1 fully saturated rings. The molecule has 0 spiro atoms. The molecule has 0 radical (unpaired) electrons. The van der Waals surface area contributed by atoms with Gasteiger partial charge in [0.15, 0.2) is 0 Å². The molecule has 8 heteroatoms. The van der Waals surface area contributed by atoms with E-state index in [0.717, 1.165) is 36.3 Å². The van der Waals surface area contributed by atoms with E-state index in [0.29, 0.717) is 12.2 Å². The van der Waals surface area contributed by atoms with Crippen molar-refractivity contribution in [3.05, 3.63) is 93.5 Å². The van der Waals surface area contributed by atoms with Crippen molar-refractivity contribution >= 4 is 33.2 Å². The molecule has 184 valence electrons. The smallest absolute Gasteiger partial charge is 0.263 e. The van der Waals surface area contributed by atoms with Gasteiger partial charge in [-0.2, -0.15) is 0 Å². The first-order chi connectivity index (χ1) is 16.7. The second-order valence-corrected chi connectivity index (χ2v) is 11.0. The molecule has 0 bridgehead atoms. The van der Waals surface area contributed by atoms with Crippen LogP contribution in [-0.2, 0) is 23.1 Å². The molecule has 1 aliphatic rings. The van der Waals surface area contributed by atoms with Crippen LogP contribution in [0.2, 0.25) is 5.02 Å². The molecule has 0 unspecified atom stereocenters. The maximum Gasteiger partial charge on any atom is 0.263 e. The summed E-state index contributed by atoms with van der Waals surface area (Å²) in [6.07, 6.45) is 2.44. The van der Waals surface area contributed by atoms with E-state index in [1.54, 1.807) is 12.1 Å². The molecule has 1 amide bonds. The molecule has 0 atom stereocenters. The number of halogens is 1. The molecule has 3 aromatic carbocycles. The monoisotopic (exact) mass is 511 g/mol. The van der Waals surface area contributed by atoms with E-state index in [1.165, 1.54) is 36.6 Å². The first-order valence-electron chi connectivity index (χ1n) is 11.7. The average molecular weight is 512 g/mol. The maximum absolute atomic E-state index is 13.1. The van der Waals surface area contributed by atoms with Gasteiger partial charge in [-0.1, -0.05) is 48.0 Å². The summed E-state index contributed by atoms with van der Waals surface area (Å²) in [4.78, 5) is 15.2. The van der Waals surface area contributed by atoms with Crippen molar-refractivity contribution in [3.8, 4) is 0 Å². The number of nitrogens with one attached hydrogen (secondary N) is 2. The largest absolute Gasteiger partial charge is 0.348 e. The average Bonchev–Trinajstić information content (AvgIpc) is 3.34. The zero-order chi connectivity index (χ0) is 25.0. The van der Waals surface area contributed by atoms with Gasteiger partial charge in [0, 0.05) is 18.7 Å². The molecular weight excluding hydrogens is 482 g/mol. The zero-order valence-corrected chi connectivity index (χ0v) is 21.5. The first-order valence-corrected chi connectivity index (χ1v) is 13.6. The number of anilines is 1. The number of rotatable bonds is 8. The Kier molecular flexibility index (Phi) is 7.79. The van der Waals surface area contributed by atoms with E-state index < -0.39 is 10.0 Å². The van der Waals surface area contributed by atoms with E-state index in [-0.39, 0.29) is 21.4 Å². The molecule has 3 aromatic rings. The number of likely N-dealkylation sites (tertiary alicyclic amines) is 1. The lowest BCUT2D eigenvalue weighted by Gasteiger charge is -2.18. The highest BCUT2D eigenvalue weighted by Crippen LogP contribution is 2.27. The van der Waals surface area contributed by atoms with Gasteiger partial charge in [0.2, 0.25) is 0 Å². The number of hydrogen-bond donors (Lipinski definition) is 2. The van der Waals surface area contributed by atoms with Crippen LogP contribution in [0.3, 0.4) is 0 Å². The highest BCUT2D eigenvalue weighted by molar-refractivity contribution is 7.92. The molecule has 1 heterocycles. The third kappa shape index (κ3) is 6.04. The fraction of sp³-hybridized carbons (Fsp3) is 0.296. The number of sulfonamides is 1. The highest BCUT2D eigenvalue weighted by Gasteiger charge is 2.22. The summed E-state index contributed by atoms with van der Waals surface area (Å²) in [7, 11) is -3.99. The molecule has 2 N–H and O–H groups in total. The van der Waals surface area contributed by atoms with Crippen molar-refractivity contribution < 1.29 is 13.2 Å². The predicted molar refractivity (Wildman–Crippen MR) is 140 cm³/mol.